The Labute approximate surface area is 189 Å². The molecule has 1 aliphatic rings. The summed E-state index contributed by atoms with van der Waals surface area (Å²) in [6, 6.07) is 7.75. The molecule has 34 heavy (non-hydrogen) atoms. The first kappa shape index (κ1) is 25.1. The van der Waals surface area contributed by atoms with Gasteiger partial charge in [0.2, 0.25) is 5.91 Å². The number of hydrogen-bond acceptors (Lipinski definition) is 3. The molecule has 0 bridgehead atoms. The SMILES string of the molecule is Cc1c(-c2cnc3ccn(CC(=O)N4CCC4)c3c2)cccc1C(F)(F)F.O=C(O)C(F)(F)F. The van der Waals surface area contributed by atoms with Gasteiger partial charge in [-0.25, -0.2) is 4.79 Å². The van der Waals surface area contributed by atoms with Gasteiger partial charge in [0.25, 0.3) is 0 Å². The van der Waals surface area contributed by atoms with Gasteiger partial charge in [0.05, 0.1) is 16.6 Å². The molecule has 1 fully saturated rings. The van der Waals surface area contributed by atoms with E-state index in [0.29, 0.717) is 16.6 Å². The first-order chi connectivity index (χ1) is 15.8. The number of carboxylic acids is 1. The Morgan fingerprint density at radius 2 is 1.74 bits per heavy atom. The zero-order chi connectivity index (χ0) is 25.3. The van der Waals surface area contributed by atoms with Gasteiger partial charge in [0.15, 0.2) is 0 Å². The summed E-state index contributed by atoms with van der Waals surface area (Å²) in [6.45, 7) is 3.24. The van der Waals surface area contributed by atoms with E-state index < -0.39 is 23.9 Å². The smallest absolute Gasteiger partial charge is 0.475 e. The van der Waals surface area contributed by atoms with E-state index in [-0.39, 0.29) is 18.0 Å². The molecule has 0 aliphatic carbocycles. The van der Waals surface area contributed by atoms with Gasteiger partial charge in [0, 0.05) is 31.0 Å². The van der Waals surface area contributed by atoms with Crippen molar-refractivity contribution >= 4 is 22.9 Å². The number of hydrogen-bond donors (Lipinski definition) is 1. The Morgan fingerprint density at radius 3 is 2.26 bits per heavy atom. The minimum absolute atomic E-state index is 0.0411. The number of halogens is 6. The van der Waals surface area contributed by atoms with Crippen LogP contribution in [0.5, 0.6) is 0 Å². The fourth-order valence-electron chi connectivity index (χ4n) is 3.42. The van der Waals surface area contributed by atoms with Crippen LogP contribution in [0.25, 0.3) is 22.2 Å². The van der Waals surface area contributed by atoms with E-state index >= 15 is 0 Å². The van der Waals surface area contributed by atoms with Gasteiger partial charge in [-0.05, 0) is 42.7 Å². The molecule has 1 aromatic carbocycles. The summed E-state index contributed by atoms with van der Waals surface area (Å²) < 4.78 is 73.2. The largest absolute Gasteiger partial charge is 0.490 e. The van der Waals surface area contributed by atoms with Crippen LogP contribution in [0.4, 0.5) is 26.3 Å². The Morgan fingerprint density at radius 1 is 1.09 bits per heavy atom. The van der Waals surface area contributed by atoms with Crippen molar-refractivity contribution in [2.75, 3.05) is 13.1 Å². The molecule has 1 N–H and O–H groups in total. The average molecular weight is 487 g/mol. The third-order valence-corrected chi connectivity index (χ3v) is 5.33. The van der Waals surface area contributed by atoms with Crippen LogP contribution >= 0.6 is 0 Å². The summed E-state index contributed by atoms with van der Waals surface area (Å²) in [7, 11) is 0. The quantitative estimate of drug-likeness (QED) is 0.534. The van der Waals surface area contributed by atoms with Crippen molar-refractivity contribution in [3.63, 3.8) is 0 Å². The number of benzene rings is 1. The standard InChI is InChI=1S/C20H18F3N3O.C2HF3O2/c1-13-15(4-2-5-16(13)20(21,22)23)14-10-18-17(24-11-14)6-9-26(18)12-19(27)25-7-3-8-25;3-2(4,5)1(6)7/h2,4-6,9-11H,3,7-8,12H2,1H3;(H,6,7). The zero-order valence-electron chi connectivity index (χ0n) is 17.7. The molecule has 1 aliphatic heterocycles. The van der Waals surface area contributed by atoms with Crippen molar-refractivity contribution in [2.24, 2.45) is 0 Å². The summed E-state index contributed by atoms with van der Waals surface area (Å²) in [5.74, 6) is -2.72. The lowest BCUT2D eigenvalue weighted by atomic mass is 9.97. The normalized spacial score (nSPS) is 13.8. The van der Waals surface area contributed by atoms with Gasteiger partial charge in [-0.1, -0.05) is 12.1 Å². The molecule has 2 aromatic heterocycles. The summed E-state index contributed by atoms with van der Waals surface area (Å²) >= 11 is 0. The molecule has 0 saturated carbocycles. The highest BCUT2D eigenvalue weighted by Crippen LogP contribution is 2.36. The molecule has 182 valence electrons. The van der Waals surface area contributed by atoms with E-state index in [9.17, 15) is 31.1 Å². The molecule has 6 nitrogen and oxygen atoms in total. The van der Waals surface area contributed by atoms with E-state index in [0.717, 1.165) is 31.1 Å². The van der Waals surface area contributed by atoms with Crippen LogP contribution in [-0.2, 0) is 22.3 Å². The number of likely N-dealkylation sites (tertiary alicyclic amines) is 1. The fourth-order valence-corrected chi connectivity index (χ4v) is 3.42. The number of pyridine rings is 1. The van der Waals surface area contributed by atoms with Crippen LogP contribution < -0.4 is 0 Å². The zero-order valence-corrected chi connectivity index (χ0v) is 17.7. The van der Waals surface area contributed by atoms with Crippen LogP contribution in [0.3, 0.4) is 0 Å². The van der Waals surface area contributed by atoms with Crippen molar-refractivity contribution in [2.45, 2.75) is 32.2 Å². The molecule has 1 amide bonds. The lowest BCUT2D eigenvalue weighted by Gasteiger charge is -2.31. The van der Waals surface area contributed by atoms with Crippen molar-refractivity contribution < 1.29 is 41.0 Å². The van der Waals surface area contributed by atoms with Crippen molar-refractivity contribution in [1.82, 2.24) is 14.5 Å². The Hall–Kier alpha value is -3.57. The summed E-state index contributed by atoms with van der Waals surface area (Å²) in [5, 5.41) is 7.12. The molecule has 1 saturated heterocycles. The monoisotopic (exact) mass is 487 g/mol. The second-order valence-corrected chi connectivity index (χ2v) is 7.59. The van der Waals surface area contributed by atoms with E-state index in [1.807, 2.05) is 6.07 Å². The van der Waals surface area contributed by atoms with Crippen LogP contribution in [0.1, 0.15) is 17.5 Å². The maximum Gasteiger partial charge on any atom is 0.490 e. The number of rotatable bonds is 3. The van der Waals surface area contributed by atoms with Crippen molar-refractivity contribution in [3.8, 4) is 11.1 Å². The predicted octanol–water partition coefficient (Wildman–Crippen LogP) is 4.90. The highest BCUT2D eigenvalue weighted by molar-refractivity contribution is 5.85. The first-order valence-electron chi connectivity index (χ1n) is 9.99. The predicted molar refractivity (Wildman–Crippen MR) is 110 cm³/mol. The summed E-state index contributed by atoms with van der Waals surface area (Å²) in [4.78, 5) is 27.3. The third kappa shape index (κ3) is 5.49. The van der Waals surface area contributed by atoms with Crippen LogP contribution in [-0.4, -0.2) is 50.7 Å². The van der Waals surface area contributed by atoms with Gasteiger partial charge < -0.3 is 14.6 Å². The number of carbonyl (C=O) groups excluding carboxylic acids is 1. The lowest BCUT2D eigenvalue weighted by Crippen LogP contribution is -2.43. The van der Waals surface area contributed by atoms with E-state index in [1.165, 1.54) is 13.0 Å². The third-order valence-electron chi connectivity index (χ3n) is 5.33. The number of carboxylic acid groups (broad SMARTS) is 1. The average Bonchev–Trinajstić information content (AvgIpc) is 3.07. The molecule has 0 atom stereocenters. The minimum atomic E-state index is -5.08. The summed E-state index contributed by atoms with van der Waals surface area (Å²) in [6.07, 6.45) is -5.09. The number of aromatic nitrogens is 2. The number of amides is 1. The van der Waals surface area contributed by atoms with Gasteiger partial charge in [-0.3, -0.25) is 9.78 Å². The second kappa shape index (κ2) is 9.35. The number of alkyl halides is 6. The number of aliphatic carboxylic acids is 1. The van der Waals surface area contributed by atoms with Crippen LogP contribution in [0, 0.1) is 6.92 Å². The van der Waals surface area contributed by atoms with E-state index in [2.05, 4.69) is 4.98 Å². The van der Waals surface area contributed by atoms with Crippen LogP contribution in [0.15, 0.2) is 42.7 Å². The molecule has 3 aromatic rings. The number of fused-ring (bicyclic) bond motifs is 1. The van der Waals surface area contributed by atoms with Gasteiger partial charge in [0.1, 0.15) is 6.54 Å². The maximum absolute atomic E-state index is 13.2. The van der Waals surface area contributed by atoms with E-state index in [4.69, 9.17) is 9.90 Å². The van der Waals surface area contributed by atoms with Gasteiger partial charge in [-0.15, -0.1) is 0 Å². The number of carbonyl (C=O) groups is 2. The molecule has 12 heteroatoms. The molecule has 4 rings (SSSR count). The van der Waals surface area contributed by atoms with E-state index in [1.54, 1.807) is 34.0 Å². The Bertz CT molecular complexity index is 1210. The summed E-state index contributed by atoms with van der Waals surface area (Å²) in [5.41, 5.74) is 2.05. The fraction of sp³-hybridized carbons (Fsp3) is 0.318. The molecular formula is C22H19F6N3O3. The maximum atomic E-state index is 13.2. The minimum Gasteiger partial charge on any atom is -0.475 e. The Kier molecular flexibility index (Phi) is 6.89. The first-order valence-corrected chi connectivity index (χ1v) is 9.99. The van der Waals surface area contributed by atoms with Crippen molar-refractivity contribution in [1.29, 1.82) is 0 Å². The highest BCUT2D eigenvalue weighted by Gasteiger charge is 2.38. The molecule has 3 heterocycles. The Balaban J connectivity index is 0.000000406. The lowest BCUT2D eigenvalue weighted by molar-refractivity contribution is -0.192. The topological polar surface area (TPSA) is 75.4 Å². The van der Waals surface area contributed by atoms with Crippen LogP contribution in [0.2, 0.25) is 0 Å². The molecule has 0 spiro atoms. The van der Waals surface area contributed by atoms with Gasteiger partial charge >= 0.3 is 18.3 Å². The molecule has 0 unspecified atom stereocenters. The van der Waals surface area contributed by atoms with Gasteiger partial charge in [-0.2, -0.15) is 26.3 Å². The molecule has 0 radical (unpaired) electrons. The van der Waals surface area contributed by atoms with Crippen molar-refractivity contribution in [3.05, 3.63) is 53.9 Å². The molecular weight excluding hydrogens is 468 g/mol. The number of nitrogens with zero attached hydrogens (tertiary/aromatic N) is 3. The second-order valence-electron chi connectivity index (χ2n) is 7.59. The highest BCUT2D eigenvalue weighted by atomic mass is 19.4.